The lowest BCUT2D eigenvalue weighted by Crippen LogP contribution is -2.16. The lowest BCUT2D eigenvalue weighted by molar-refractivity contribution is 0.497. The summed E-state index contributed by atoms with van der Waals surface area (Å²) in [6.45, 7) is 3.95. The summed E-state index contributed by atoms with van der Waals surface area (Å²) in [6.07, 6.45) is 4.50. The molecule has 2 heterocycles. The van der Waals surface area contributed by atoms with Crippen LogP contribution in [-0.2, 0) is 19.3 Å². The number of hydrogen-bond donors (Lipinski definition) is 1. The molecular weight excluding hydrogens is 246 g/mol. The topological polar surface area (TPSA) is 51.0 Å². The van der Waals surface area contributed by atoms with Gasteiger partial charge in [-0.2, -0.15) is 0 Å². The molecule has 0 spiro atoms. The Labute approximate surface area is 110 Å². The molecule has 18 heavy (non-hydrogen) atoms. The van der Waals surface area contributed by atoms with E-state index in [1.54, 1.807) is 11.3 Å². The second kappa shape index (κ2) is 5.20. The number of aromatic nitrogens is 2. The third kappa shape index (κ3) is 2.33. The van der Waals surface area contributed by atoms with Gasteiger partial charge in [-0.15, -0.1) is 21.5 Å². The predicted octanol–water partition coefficient (Wildman–Crippen LogP) is 2.44. The average Bonchev–Trinajstić information content (AvgIpc) is 3.02. The van der Waals surface area contributed by atoms with Crippen LogP contribution >= 0.6 is 11.3 Å². The van der Waals surface area contributed by atoms with Crippen LogP contribution in [0, 0.1) is 0 Å². The van der Waals surface area contributed by atoms with Crippen molar-refractivity contribution in [2.24, 2.45) is 0 Å². The van der Waals surface area contributed by atoms with E-state index >= 15 is 0 Å². The summed E-state index contributed by atoms with van der Waals surface area (Å²) in [6, 6.07) is 2.22. The standard InChI is InChI=1S/C13H17N3OS/c1-2-14-7-6-12-15-16-13(17-12)11-8-9-4-3-5-10(9)18-11/h8,14H,2-7H2,1H3. The second-order valence-electron chi connectivity index (χ2n) is 4.52. The molecule has 0 atom stereocenters. The highest BCUT2D eigenvalue weighted by molar-refractivity contribution is 7.15. The summed E-state index contributed by atoms with van der Waals surface area (Å²) in [5, 5.41) is 11.5. The lowest BCUT2D eigenvalue weighted by Gasteiger charge is -1.95. The third-order valence-corrected chi connectivity index (χ3v) is 4.41. The Hall–Kier alpha value is -1.20. The fourth-order valence-electron chi connectivity index (χ4n) is 2.26. The molecule has 0 fully saturated rings. The number of aryl methyl sites for hydroxylation is 2. The molecule has 3 rings (SSSR count). The SMILES string of the molecule is CCNCCc1nnc(-c2cc3c(s2)CCC3)o1. The Morgan fingerprint density at radius 2 is 2.33 bits per heavy atom. The van der Waals surface area contributed by atoms with Crippen molar-refractivity contribution < 1.29 is 4.42 Å². The molecule has 1 aliphatic carbocycles. The Bertz CT molecular complexity index is 511. The highest BCUT2D eigenvalue weighted by Crippen LogP contribution is 2.35. The van der Waals surface area contributed by atoms with Crippen LogP contribution in [0.2, 0.25) is 0 Å². The minimum Gasteiger partial charge on any atom is -0.420 e. The highest BCUT2D eigenvalue weighted by Gasteiger charge is 2.18. The van der Waals surface area contributed by atoms with Crippen molar-refractivity contribution in [3.8, 4) is 10.8 Å². The van der Waals surface area contributed by atoms with Crippen LogP contribution in [0.15, 0.2) is 10.5 Å². The summed E-state index contributed by atoms with van der Waals surface area (Å²) in [4.78, 5) is 2.62. The van der Waals surface area contributed by atoms with Gasteiger partial charge in [-0.3, -0.25) is 0 Å². The molecule has 2 aromatic heterocycles. The zero-order valence-electron chi connectivity index (χ0n) is 10.5. The molecule has 0 unspecified atom stereocenters. The van der Waals surface area contributed by atoms with Gasteiger partial charge in [-0.05, 0) is 37.4 Å². The molecular formula is C13H17N3OS. The minimum absolute atomic E-state index is 0.681. The van der Waals surface area contributed by atoms with E-state index in [0.717, 1.165) is 30.3 Å². The normalized spacial score (nSPS) is 14.1. The van der Waals surface area contributed by atoms with Crippen LogP contribution in [0.4, 0.5) is 0 Å². The van der Waals surface area contributed by atoms with Crippen molar-refractivity contribution >= 4 is 11.3 Å². The molecule has 2 aromatic rings. The van der Waals surface area contributed by atoms with Gasteiger partial charge in [0.2, 0.25) is 5.89 Å². The molecule has 0 saturated carbocycles. The van der Waals surface area contributed by atoms with E-state index < -0.39 is 0 Å². The molecule has 0 radical (unpaired) electrons. The Morgan fingerprint density at radius 3 is 3.17 bits per heavy atom. The number of rotatable bonds is 5. The van der Waals surface area contributed by atoms with Crippen molar-refractivity contribution in [3.63, 3.8) is 0 Å². The number of likely N-dealkylation sites (N-methyl/N-ethyl adjacent to an activating group) is 1. The molecule has 5 heteroatoms. The number of hydrogen-bond acceptors (Lipinski definition) is 5. The third-order valence-electron chi connectivity index (χ3n) is 3.19. The Kier molecular flexibility index (Phi) is 3.43. The second-order valence-corrected chi connectivity index (χ2v) is 5.65. The van der Waals surface area contributed by atoms with Crippen LogP contribution < -0.4 is 5.32 Å². The van der Waals surface area contributed by atoms with Crippen molar-refractivity contribution in [2.45, 2.75) is 32.6 Å². The van der Waals surface area contributed by atoms with Gasteiger partial charge in [0, 0.05) is 17.8 Å². The van der Waals surface area contributed by atoms with Crippen LogP contribution in [-0.4, -0.2) is 23.3 Å². The van der Waals surface area contributed by atoms with E-state index in [-0.39, 0.29) is 0 Å². The van der Waals surface area contributed by atoms with Crippen LogP contribution in [0.1, 0.15) is 29.7 Å². The van der Waals surface area contributed by atoms with Gasteiger partial charge >= 0.3 is 0 Å². The van der Waals surface area contributed by atoms with Crippen molar-refractivity contribution in [2.75, 3.05) is 13.1 Å². The van der Waals surface area contributed by atoms with Gasteiger partial charge in [0.25, 0.3) is 5.89 Å². The molecule has 0 bridgehead atoms. The van der Waals surface area contributed by atoms with Gasteiger partial charge in [-0.25, -0.2) is 0 Å². The van der Waals surface area contributed by atoms with Gasteiger partial charge < -0.3 is 9.73 Å². The van der Waals surface area contributed by atoms with Crippen molar-refractivity contribution in [1.29, 1.82) is 0 Å². The predicted molar refractivity (Wildman–Crippen MR) is 71.9 cm³/mol. The first-order chi connectivity index (χ1) is 8.86. The van der Waals surface area contributed by atoms with Crippen molar-refractivity contribution in [3.05, 3.63) is 22.4 Å². The molecule has 0 aromatic carbocycles. The summed E-state index contributed by atoms with van der Waals surface area (Å²) in [7, 11) is 0. The van der Waals surface area contributed by atoms with Gasteiger partial charge in [0.1, 0.15) is 0 Å². The van der Waals surface area contributed by atoms with E-state index in [1.165, 1.54) is 29.7 Å². The van der Waals surface area contributed by atoms with E-state index in [4.69, 9.17) is 4.42 Å². The summed E-state index contributed by atoms with van der Waals surface area (Å²) < 4.78 is 5.70. The van der Waals surface area contributed by atoms with Gasteiger partial charge in [0.05, 0.1) is 4.88 Å². The monoisotopic (exact) mass is 263 g/mol. The molecule has 0 amide bonds. The smallest absolute Gasteiger partial charge is 0.257 e. The van der Waals surface area contributed by atoms with E-state index in [1.807, 2.05) is 0 Å². The summed E-state index contributed by atoms with van der Waals surface area (Å²) >= 11 is 1.80. The molecule has 1 aliphatic rings. The first kappa shape index (κ1) is 11.9. The maximum absolute atomic E-state index is 5.70. The fourth-order valence-corrected chi connectivity index (χ4v) is 3.44. The maximum Gasteiger partial charge on any atom is 0.257 e. The van der Waals surface area contributed by atoms with Crippen molar-refractivity contribution in [1.82, 2.24) is 15.5 Å². The van der Waals surface area contributed by atoms with Crippen LogP contribution in [0.5, 0.6) is 0 Å². The lowest BCUT2D eigenvalue weighted by atomic mass is 10.2. The zero-order chi connectivity index (χ0) is 12.4. The van der Waals surface area contributed by atoms with E-state index in [2.05, 4.69) is 28.5 Å². The average molecular weight is 263 g/mol. The molecule has 1 N–H and O–H groups in total. The summed E-state index contributed by atoms with van der Waals surface area (Å²) in [5.41, 5.74) is 1.47. The van der Waals surface area contributed by atoms with E-state index in [0.29, 0.717) is 5.89 Å². The Morgan fingerprint density at radius 1 is 1.39 bits per heavy atom. The van der Waals surface area contributed by atoms with Gasteiger partial charge in [-0.1, -0.05) is 6.92 Å². The number of nitrogens with zero attached hydrogens (tertiary/aromatic N) is 2. The molecule has 0 saturated heterocycles. The number of fused-ring (bicyclic) bond motifs is 1. The summed E-state index contributed by atoms with van der Waals surface area (Å²) in [5.74, 6) is 1.40. The van der Waals surface area contributed by atoms with Crippen LogP contribution in [0.25, 0.3) is 10.8 Å². The van der Waals surface area contributed by atoms with E-state index in [9.17, 15) is 0 Å². The maximum atomic E-state index is 5.70. The fraction of sp³-hybridized carbons (Fsp3) is 0.538. The first-order valence-corrected chi connectivity index (χ1v) is 7.33. The number of thiophene rings is 1. The van der Waals surface area contributed by atoms with Gasteiger partial charge in [0.15, 0.2) is 0 Å². The zero-order valence-corrected chi connectivity index (χ0v) is 11.3. The molecule has 4 nitrogen and oxygen atoms in total. The Balaban J connectivity index is 1.72. The largest absolute Gasteiger partial charge is 0.420 e. The minimum atomic E-state index is 0.681. The first-order valence-electron chi connectivity index (χ1n) is 6.52. The molecule has 0 aliphatic heterocycles. The molecule has 96 valence electrons. The number of nitrogens with one attached hydrogen (secondary N) is 1. The quantitative estimate of drug-likeness (QED) is 0.842. The van der Waals surface area contributed by atoms with Crippen LogP contribution in [0.3, 0.4) is 0 Å². The highest BCUT2D eigenvalue weighted by atomic mass is 32.1.